The Morgan fingerprint density at radius 2 is 2.15 bits per heavy atom. The topological polar surface area (TPSA) is 73.6 Å². The average Bonchev–Trinajstić information content (AvgIpc) is 2.41. The minimum Gasteiger partial charge on any atom is -0.382 e. The van der Waals surface area contributed by atoms with Crippen molar-refractivity contribution < 1.29 is 18.8 Å². The Labute approximate surface area is 121 Å². The molecule has 0 amide bonds. The van der Waals surface area contributed by atoms with E-state index in [-0.39, 0.29) is 16.4 Å². The second kappa shape index (κ2) is 8.68. The van der Waals surface area contributed by atoms with Crippen LogP contribution in [0.4, 0.5) is 15.8 Å². The second-order valence-corrected chi connectivity index (χ2v) is 4.33. The number of hydrogen-bond donors (Lipinski definition) is 1. The maximum absolute atomic E-state index is 13.3. The first-order valence-electron chi connectivity index (χ1n) is 6.00. The molecule has 1 N–H and O–H groups in total. The van der Waals surface area contributed by atoms with Gasteiger partial charge >= 0.3 is 0 Å². The molecule has 112 valence electrons. The van der Waals surface area contributed by atoms with Gasteiger partial charge in [0.05, 0.1) is 23.2 Å². The van der Waals surface area contributed by atoms with Crippen LogP contribution in [-0.2, 0) is 9.47 Å². The number of anilines is 1. The van der Waals surface area contributed by atoms with E-state index in [2.05, 4.69) is 5.32 Å². The largest absolute Gasteiger partial charge is 0.382 e. The highest BCUT2D eigenvalue weighted by Gasteiger charge is 2.17. The van der Waals surface area contributed by atoms with Gasteiger partial charge in [-0.1, -0.05) is 11.6 Å². The number of benzene rings is 1. The summed E-state index contributed by atoms with van der Waals surface area (Å²) in [5, 5.41) is 13.4. The number of methoxy groups -OCH3 is 1. The van der Waals surface area contributed by atoms with Crippen LogP contribution in [-0.4, -0.2) is 38.4 Å². The van der Waals surface area contributed by atoms with E-state index in [1.54, 1.807) is 7.11 Å². The molecule has 0 aliphatic carbocycles. The third-order valence-corrected chi connectivity index (χ3v) is 2.74. The molecule has 0 aliphatic rings. The molecule has 0 aliphatic heterocycles. The van der Waals surface area contributed by atoms with Gasteiger partial charge in [-0.05, 0) is 6.42 Å². The summed E-state index contributed by atoms with van der Waals surface area (Å²) in [4.78, 5) is 10.2. The predicted molar refractivity (Wildman–Crippen MR) is 73.9 cm³/mol. The SMILES string of the molecule is COCCOCCCNc1cc(F)c(Cl)cc1[N+](=O)[O-]. The van der Waals surface area contributed by atoms with E-state index in [9.17, 15) is 14.5 Å². The maximum atomic E-state index is 13.3. The van der Waals surface area contributed by atoms with Crippen LogP contribution >= 0.6 is 11.6 Å². The van der Waals surface area contributed by atoms with Crippen LogP contribution in [0.25, 0.3) is 0 Å². The summed E-state index contributed by atoms with van der Waals surface area (Å²) in [6.45, 7) is 1.92. The van der Waals surface area contributed by atoms with Gasteiger partial charge < -0.3 is 14.8 Å². The minimum absolute atomic E-state index is 0.105. The smallest absolute Gasteiger partial charge is 0.294 e. The third kappa shape index (κ3) is 5.28. The first kappa shape index (κ1) is 16.6. The average molecular weight is 307 g/mol. The summed E-state index contributed by atoms with van der Waals surface area (Å²) >= 11 is 5.52. The van der Waals surface area contributed by atoms with Gasteiger partial charge in [0.1, 0.15) is 11.5 Å². The van der Waals surface area contributed by atoms with Crippen molar-refractivity contribution in [2.75, 3.05) is 38.8 Å². The molecular weight excluding hydrogens is 291 g/mol. The molecule has 8 heteroatoms. The third-order valence-electron chi connectivity index (χ3n) is 2.45. The summed E-state index contributed by atoms with van der Waals surface area (Å²) in [7, 11) is 1.58. The lowest BCUT2D eigenvalue weighted by Crippen LogP contribution is -2.09. The van der Waals surface area contributed by atoms with E-state index >= 15 is 0 Å². The van der Waals surface area contributed by atoms with Gasteiger partial charge in [-0.15, -0.1) is 0 Å². The van der Waals surface area contributed by atoms with Crippen molar-refractivity contribution in [1.82, 2.24) is 0 Å². The van der Waals surface area contributed by atoms with Crippen molar-refractivity contribution >= 4 is 23.0 Å². The van der Waals surface area contributed by atoms with E-state index < -0.39 is 10.7 Å². The van der Waals surface area contributed by atoms with Crippen LogP contribution in [0.15, 0.2) is 12.1 Å². The number of rotatable bonds is 9. The van der Waals surface area contributed by atoms with Gasteiger partial charge in [-0.25, -0.2) is 4.39 Å². The first-order chi connectivity index (χ1) is 9.56. The monoisotopic (exact) mass is 306 g/mol. The number of nitro benzene ring substituents is 1. The van der Waals surface area contributed by atoms with Crippen molar-refractivity contribution in [1.29, 1.82) is 0 Å². The van der Waals surface area contributed by atoms with E-state index in [0.717, 1.165) is 12.1 Å². The fraction of sp³-hybridized carbons (Fsp3) is 0.500. The Morgan fingerprint density at radius 1 is 1.40 bits per heavy atom. The zero-order valence-electron chi connectivity index (χ0n) is 11.0. The second-order valence-electron chi connectivity index (χ2n) is 3.93. The molecule has 0 radical (unpaired) electrons. The van der Waals surface area contributed by atoms with Crippen LogP contribution in [0, 0.1) is 15.9 Å². The highest BCUT2D eigenvalue weighted by molar-refractivity contribution is 6.31. The van der Waals surface area contributed by atoms with Crippen LogP contribution in [0.5, 0.6) is 0 Å². The van der Waals surface area contributed by atoms with Gasteiger partial charge in [-0.2, -0.15) is 0 Å². The van der Waals surface area contributed by atoms with Gasteiger partial charge in [0.2, 0.25) is 0 Å². The molecular formula is C12H16ClFN2O4. The van der Waals surface area contributed by atoms with Gasteiger partial charge in [0.15, 0.2) is 0 Å². The first-order valence-corrected chi connectivity index (χ1v) is 6.38. The Bertz CT molecular complexity index is 459. The van der Waals surface area contributed by atoms with E-state index in [0.29, 0.717) is 32.8 Å². The van der Waals surface area contributed by atoms with E-state index in [1.165, 1.54) is 0 Å². The number of ether oxygens (including phenoxy) is 2. The Hall–Kier alpha value is -1.44. The standard InChI is InChI=1S/C12H16ClFN2O4/c1-19-5-6-20-4-2-3-15-11-8-10(14)9(13)7-12(11)16(17)18/h7-8,15H,2-6H2,1H3. The lowest BCUT2D eigenvalue weighted by atomic mass is 10.2. The Balaban J connectivity index is 2.47. The zero-order chi connectivity index (χ0) is 15.0. The molecule has 1 aromatic rings. The van der Waals surface area contributed by atoms with Crippen molar-refractivity contribution in [3.63, 3.8) is 0 Å². The molecule has 20 heavy (non-hydrogen) atoms. The fourth-order valence-electron chi connectivity index (χ4n) is 1.47. The summed E-state index contributed by atoms with van der Waals surface area (Å²) in [5.74, 6) is -0.698. The molecule has 0 fully saturated rings. The van der Waals surface area contributed by atoms with Crippen LogP contribution in [0.1, 0.15) is 6.42 Å². The van der Waals surface area contributed by atoms with Crippen LogP contribution < -0.4 is 5.32 Å². The van der Waals surface area contributed by atoms with Crippen molar-refractivity contribution in [2.24, 2.45) is 0 Å². The normalized spacial score (nSPS) is 10.6. The number of nitro groups is 1. The maximum Gasteiger partial charge on any atom is 0.294 e. The highest BCUT2D eigenvalue weighted by Crippen LogP contribution is 2.30. The number of nitrogens with one attached hydrogen (secondary N) is 1. The molecule has 0 bridgehead atoms. The molecule has 0 saturated heterocycles. The lowest BCUT2D eigenvalue weighted by molar-refractivity contribution is -0.384. The Morgan fingerprint density at radius 3 is 2.80 bits per heavy atom. The summed E-state index contributed by atoms with van der Waals surface area (Å²) in [6, 6.07) is 2.01. The molecule has 1 aromatic carbocycles. The number of nitrogens with zero attached hydrogens (tertiary/aromatic N) is 1. The van der Waals surface area contributed by atoms with E-state index in [4.69, 9.17) is 21.1 Å². The molecule has 6 nitrogen and oxygen atoms in total. The highest BCUT2D eigenvalue weighted by atomic mass is 35.5. The Kier molecular flexibility index (Phi) is 7.21. The summed E-state index contributed by atoms with van der Waals surface area (Å²) < 4.78 is 23.4. The van der Waals surface area contributed by atoms with Gasteiger partial charge in [0.25, 0.3) is 5.69 Å². The van der Waals surface area contributed by atoms with Crippen LogP contribution in [0.3, 0.4) is 0 Å². The molecule has 1 rings (SSSR count). The fourth-order valence-corrected chi connectivity index (χ4v) is 1.63. The predicted octanol–water partition coefficient (Wildman–Crippen LogP) is 2.85. The minimum atomic E-state index is -0.698. The lowest BCUT2D eigenvalue weighted by Gasteiger charge is -2.08. The summed E-state index contributed by atoms with van der Waals surface area (Å²) in [6.07, 6.45) is 0.630. The molecule has 0 aromatic heterocycles. The van der Waals surface area contributed by atoms with Crippen molar-refractivity contribution in [2.45, 2.75) is 6.42 Å². The number of hydrogen-bond acceptors (Lipinski definition) is 5. The van der Waals surface area contributed by atoms with Gasteiger partial charge in [0, 0.05) is 32.4 Å². The molecule has 0 atom stereocenters. The molecule has 0 heterocycles. The van der Waals surface area contributed by atoms with Gasteiger partial charge in [-0.3, -0.25) is 10.1 Å². The summed E-state index contributed by atoms with van der Waals surface area (Å²) in [5.41, 5.74) is -0.148. The molecule has 0 unspecified atom stereocenters. The molecule has 0 spiro atoms. The van der Waals surface area contributed by atoms with Crippen LogP contribution in [0.2, 0.25) is 5.02 Å². The zero-order valence-corrected chi connectivity index (χ0v) is 11.8. The van der Waals surface area contributed by atoms with Crippen molar-refractivity contribution in [3.05, 3.63) is 33.1 Å². The molecule has 0 saturated carbocycles. The van der Waals surface area contributed by atoms with E-state index in [1.807, 2.05) is 0 Å². The van der Waals surface area contributed by atoms with Crippen molar-refractivity contribution in [3.8, 4) is 0 Å². The number of halogens is 2. The quantitative estimate of drug-likeness (QED) is 0.431.